The van der Waals surface area contributed by atoms with Crippen molar-refractivity contribution in [2.75, 3.05) is 0 Å². The number of esters is 1. The average Bonchev–Trinajstić information content (AvgIpc) is 2.28. The summed E-state index contributed by atoms with van der Waals surface area (Å²) < 4.78 is 4.93. The zero-order chi connectivity index (χ0) is 11.3. The SMILES string of the molecule is C=CC(=O)Oc1cccc(C(O)CC)c1. The second-order valence-electron chi connectivity index (χ2n) is 3.12. The van der Waals surface area contributed by atoms with Gasteiger partial charge in [0.25, 0.3) is 0 Å². The standard InChI is InChI=1S/C12H14O3/c1-3-11(13)9-6-5-7-10(8-9)15-12(14)4-2/h4-8,11,13H,2-3H2,1H3. The quantitative estimate of drug-likeness (QED) is 0.467. The Bertz CT molecular complexity index is 358. The third-order valence-electron chi connectivity index (χ3n) is 2.01. The van der Waals surface area contributed by atoms with Gasteiger partial charge in [0, 0.05) is 6.08 Å². The number of carbonyl (C=O) groups is 1. The van der Waals surface area contributed by atoms with E-state index in [0.29, 0.717) is 12.2 Å². The van der Waals surface area contributed by atoms with E-state index in [9.17, 15) is 9.90 Å². The van der Waals surface area contributed by atoms with Crippen LogP contribution in [0, 0.1) is 0 Å². The lowest BCUT2D eigenvalue weighted by Crippen LogP contribution is -2.04. The molecule has 0 saturated heterocycles. The van der Waals surface area contributed by atoms with Crippen molar-refractivity contribution >= 4 is 5.97 Å². The van der Waals surface area contributed by atoms with Gasteiger partial charge in [-0.3, -0.25) is 0 Å². The maximum atomic E-state index is 10.9. The fourth-order valence-electron chi connectivity index (χ4n) is 1.18. The zero-order valence-corrected chi connectivity index (χ0v) is 8.64. The highest BCUT2D eigenvalue weighted by Crippen LogP contribution is 2.21. The molecule has 1 N–H and O–H groups in total. The first-order valence-corrected chi connectivity index (χ1v) is 4.79. The fourth-order valence-corrected chi connectivity index (χ4v) is 1.18. The number of rotatable bonds is 4. The molecule has 1 unspecified atom stereocenters. The first-order valence-electron chi connectivity index (χ1n) is 4.79. The minimum absolute atomic E-state index is 0.421. The van der Waals surface area contributed by atoms with E-state index in [-0.39, 0.29) is 0 Å². The predicted molar refractivity (Wildman–Crippen MR) is 57.5 cm³/mol. The summed E-state index contributed by atoms with van der Waals surface area (Å²) in [5.41, 5.74) is 0.742. The largest absolute Gasteiger partial charge is 0.423 e. The van der Waals surface area contributed by atoms with Gasteiger partial charge in [0.1, 0.15) is 5.75 Å². The summed E-state index contributed by atoms with van der Waals surface area (Å²) in [4.78, 5) is 10.9. The molecule has 0 aliphatic rings. The van der Waals surface area contributed by atoms with E-state index < -0.39 is 12.1 Å². The van der Waals surface area contributed by atoms with Crippen LogP contribution >= 0.6 is 0 Å². The molecule has 0 aliphatic heterocycles. The molecule has 0 spiro atoms. The summed E-state index contributed by atoms with van der Waals surface area (Å²) in [5.74, 6) is -0.0805. The first-order chi connectivity index (χ1) is 7.17. The van der Waals surface area contributed by atoms with Gasteiger partial charge in [0.2, 0.25) is 0 Å². The van der Waals surface area contributed by atoms with Gasteiger partial charge in [-0.25, -0.2) is 4.79 Å². The molecule has 1 aromatic carbocycles. The van der Waals surface area contributed by atoms with E-state index in [1.54, 1.807) is 24.3 Å². The monoisotopic (exact) mass is 206 g/mol. The van der Waals surface area contributed by atoms with Crippen LogP contribution in [0.15, 0.2) is 36.9 Å². The highest BCUT2D eigenvalue weighted by Gasteiger charge is 2.06. The van der Waals surface area contributed by atoms with Crippen LogP contribution in [0.5, 0.6) is 5.75 Å². The third kappa shape index (κ3) is 3.22. The van der Waals surface area contributed by atoms with Crippen molar-refractivity contribution in [2.45, 2.75) is 19.4 Å². The maximum Gasteiger partial charge on any atom is 0.335 e. The summed E-state index contributed by atoms with van der Waals surface area (Å²) in [7, 11) is 0. The molecule has 1 aromatic rings. The number of ether oxygens (including phenoxy) is 1. The molecule has 0 saturated carbocycles. The van der Waals surface area contributed by atoms with Gasteiger partial charge in [-0.2, -0.15) is 0 Å². The van der Waals surface area contributed by atoms with Gasteiger partial charge in [-0.15, -0.1) is 0 Å². The molecular formula is C12H14O3. The lowest BCUT2D eigenvalue weighted by atomic mass is 10.1. The van der Waals surface area contributed by atoms with Crippen molar-refractivity contribution in [1.82, 2.24) is 0 Å². The Hall–Kier alpha value is -1.61. The second-order valence-corrected chi connectivity index (χ2v) is 3.12. The summed E-state index contributed by atoms with van der Waals surface area (Å²) in [5, 5.41) is 9.58. The highest BCUT2D eigenvalue weighted by atomic mass is 16.5. The summed E-state index contributed by atoms with van der Waals surface area (Å²) in [6, 6.07) is 6.84. The molecule has 15 heavy (non-hydrogen) atoms. The molecule has 0 aromatic heterocycles. The molecule has 0 bridgehead atoms. The minimum atomic E-state index is -0.521. The Morgan fingerprint density at radius 1 is 1.67 bits per heavy atom. The Morgan fingerprint density at radius 2 is 2.40 bits per heavy atom. The van der Waals surface area contributed by atoms with Gasteiger partial charge in [0.05, 0.1) is 6.10 Å². The van der Waals surface area contributed by atoms with Gasteiger partial charge in [-0.05, 0) is 24.1 Å². The molecule has 0 aliphatic carbocycles. The van der Waals surface area contributed by atoms with Crippen LogP contribution in [0.2, 0.25) is 0 Å². The Morgan fingerprint density at radius 3 is 3.00 bits per heavy atom. The average molecular weight is 206 g/mol. The topological polar surface area (TPSA) is 46.5 Å². The molecule has 1 atom stereocenters. The Balaban J connectivity index is 2.82. The predicted octanol–water partition coefficient (Wildman–Crippen LogP) is 2.22. The molecule has 1 rings (SSSR count). The molecule has 0 amide bonds. The van der Waals surface area contributed by atoms with Crippen molar-refractivity contribution in [2.24, 2.45) is 0 Å². The number of hydrogen-bond donors (Lipinski definition) is 1. The zero-order valence-electron chi connectivity index (χ0n) is 8.64. The van der Waals surface area contributed by atoms with Gasteiger partial charge < -0.3 is 9.84 Å². The molecule has 80 valence electrons. The van der Waals surface area contributed by atoms with Crippen LogP contribution in [-0.2, 0) is 4.79 Å². The first kappa shape index (κ1) is 11.5. The lowest BCUT2D eigenvalue weighted by Gasteiger charge is -2.09. The van der Waals surface area contributed by atoms with Crippen molar-refractivity contribution in [3.63, 3.8) is 0 Å². The van der Waals surface area contributed by atoms with E-state index in [4.69, 9.17) is 4.74 Å². The van der Waals surface area contributed by atoms with Gasteiger partial charge in [0.15, 0.2) is 0 Å². The molecule has 0 fully saturated rings. The van der Waals surface area contributed by atoms with E-state index >= 15 is 0 Å². The van der Waals surface area contributed by atoms with Crippen molar-refractivity contribution in [1.29, 1.82) is 0 Å². The van der Waals surface area contributed by atoms with Crippen LogP contribution in [0.25, 0.3) is 0 Å². The van der Waals surface area contributed by atoms with Gasteiger partial charge >= 0.3 is 5.97 Å². The van der Waals surface area contributed by atoms with Gasteiger partial charge in [-0.1, -0.05) is 25.6 Å². The second kappa shape index (κ2) is 5.32. The van der Waals surface area contributed by atoms with Crippen LogP contribution in [-0.4, -0.2) is 11.1 Å². The lowest BCUT2D eigenvalue weighted by molar-refractivity contribution is -0.128. The van der Waals surface area contributed by atoms with Crippen LogP contribution < -0.4 is 4.74 Å². The minimum Gasteiger partial charge on any atom is -0.423 e. The Labute approximate surface area is 89.0 Å². The van der Waals surface area contributed by atoms with Crippen LogP contribution in [0.1, 0.15) is 25.0 Å². The summed E-state index contributed by atoms with van der Waals surface area (Å²) >= 11 is 0. The number of carbonyl (C=O) groups excluding carboxylic acids is 1. The van der Waals surface area contributed by atoms with E-state index in [2.05, 4.69) is 6.58 Å². The number of hydrogen-bond acceptors (Lipinski definition) is 3. The van der Waals surface area contributed by atoms with Crippen molar-refractivity contribution in [3.8, 4) is 5.75 Å². The molecule has 0 heterocycles. The van der Waals surface area contributed by atoms with Crippen LogP contribution in [0.4, 0.5) is 0 Å². The fraction of sp³-hybridized carbons (Fsp3) is 0.250. The molecule has 0 radical (unpaired) electrons. The molecular weight excluding hydrogens is 192 g/mol. The Kier molecular flexibility index (Phi) is 4.06. The normalized spacial score (nSPS) is 11.9. The number of aliphatic hydroxyl groups excluding tert-OH is 1. The smallest absolute Gasteiger partial charge is 0.335 e. The molecule has 3 nitrogen and oxygen atoms in total. The number of benzene rings is 1. The maximum absolute atomic E-state index is 10.9. The molecule has 3 heteroatoms. The third-order valence-corrected chi connectivity index (χ3v) is 2.01. The highest BCUT2D eigenvalue weighted by molar-refractivity contribution is 5.83. The van der Waals surface area contributed by atoms with Crippen molar-refractivity contribution in [3.05, 3.63) is 42.5 Å². The summed E-state index contributed by atoms with van der Waals surface area (Å²) in [6.07, 6.45) is 1.20. The van der Waals surface area contributed by atoms with E-state index in [1.807, 2.05) is 6.92 Å². The van der Waals surface area contributed by atoms with E-state index in [1.165, 1.54) is 0 Å². The van der Waals surface area contributed by atoms with Crippen LogP contribution in [0.3, 0.4) is 0 Å². The van der Waals surface area contributed by atoms with Crippen molar-refractivity contribution < 1.29 is 14.6 Å². The number of aliphatic hydroxyl groups is 1. The van der Waals surface area contributed by atoms with E-state index in [0.717, 1.165) is 11.6 Å². The summed E-state index contributed by atoms with van der Waals surface area (Å²) in [6.45, 7) is 5.19.